The first-order chi connectivity index (χ1) is 11.9. The van der Waals surface area contributed by atoms with E-state index in [-0.39, 0.29) is 21.9 Å². The molecule has 1 atom stereocenters. The van der Waals surface area contributed by atoms with Gasteiger partial charge in [-0.15, -0.1) is 0 Å². The van der Waals surface area contributed by atoms with Gasteiger partial charge in [-0.05, 0) is 37.3 Å². The average Bonchev–Trinajstić information content (AvgIpc) is 2.82. The van der Waals surface area contributed by atoms with E-state index in [1.807, 2.05) is 0 Å². The molecule has 1 heterocycles. The molecule has 0 saturated heterocycles. The van der Waals surface area contributed by atoms with Gasteiger partial charge in [0.1, 0.15) is 11.6 Å². The van der Waals surface area contributed by atoms with Crippen molar-refractivity contribution >= 4 is 29.4 Å². The molecule has 0 saturated carbocycles. The first kappa shape index (κ1) is 16.9. The molecular weight excluding hydrogens is 353 g/mol. The van der Waals surface area contributed by atoms with Gasteiger partial charge in [-0.1, -0.05) is 28.8 Å². The maximum Gasteiger partial charge on any atom is 0.373 e. The summed E-state index contributed by atoms with van der Waals surface area (Å²) in [4.78, 5) is 41.3. The van der Waals surface area contributed by atoms with Crippen molar-refractivity contribution in [2.24, 2.45) is 0 Å². The number of rotatable bonds is 4. The highest BCUT2D eigenvalue weighted by Gasteiger charge is 2.39. The molecule has 0 radical (unpaired) electrons. The number of hydrogen-bond donors (Lipinski definition) is 0. The van der Waals surface area contributed by atoms with Gasteiger partial charge < -0.3 is 9.57 Å². The molecular formula is C17H11ClFNO5. The fourth-order valence-corrected chi connectivity index (χ4v) is 2.44. The summed E-state index contributed by atoms with van der Waals surface area (Å²) < 4.78 is 18.3. The SMILES string of the molecule is CC(Oc1ccc(F)cc1Cl)C(=O)ON1C(=O)c2ccccc2C1=O. The predicted octanol–water partition coefficient (Wildman–Crippen LogP) is 3.00. The average molecular weight is 364 g/mol. The minimum absolute atomic E-state index is 0.0274. The lowest BCUT2D eigenvalue weighted by atomic mass is 10.1. The highest BCUT2D eigenvalue weighted by molar-refractivity contribution is 6.32. The van der Waals surface area contributed by atoms with E-state index in [1.54, 1.807) is 12.1 Å². The maximum atomic E-state index is 13.0. The number of hydroxylamine groups is 2. The Bertz CT molecular complexity index is 850. The zero-order valence-electron chi connectivity index (χ0n) is 12.9. The molecule has 0 aliphatic carbocycles. The lowest BCUT2D eigenvalue weighted by molar-refractivity contribution is -0.176. The highest BCUT2D eigenvalue weighted by atomic mass is 35.5. The van der Waals surface area contributed by atoms with E-state index in [2.05, 4.69) is 0 Å². The zero-order chi connectivity index (χ0) is 18.1. The van der Waals surface area contributed by atoms with Crippen LogP contribution in [0, 0.1) is 5.82 Å². The predicted molar refractivity (Wildman–Crippen MR) is 84.5 cm³/mol. The molecule has 0 N–H and O–H groups in total. The van der Waals surface area contributed by atoms with Gasteiger partial charge in [0.2, 0.25) is 0 Å². The van der Waals surface area contributed by atoms with Crippen LogP contribution < -0.4 is 4.74 Å². The molecule has 25 heavy (non-hydrogen) atoms. The molecule has 0 fully saturated rings. The van der Waals surface area contributed by atoms with Gasteiger partial charge in [0.15, 0.2) is 6.10 Å². The fraction of sp³-hybridized carbons (Fsp3) is 0.118. The fourth-order valence-electron chi connectivity index (χ4n) is 2.22. The van der Waals surface area contributed by atoms with Crippen molar-refractivity contribution < 1.29 is 28.3 Å². The van der Waals surface area contributed by atoms with Gasteiger partial charge in [-0.3, -0.25) is 9.59 Å². The smallest absolute Gasteiger partial charge is 0.373 e. The number of halogens is 2. The third-order valence-corrected chi connectivity index (χ3v) is 3.76. The molecule has 6 nitrogen and oxygen atoms in total. The molecule has 2 aromatic rings. The monoisotopic (exact) mass is 363 g/mol. The van der Waals surface area contributed by atoms with Crippen molar-refractivity contribution in [3.8, 4) is 5.75 Å². The normalized spacial score (nSPS) is 14.3. The van der Waals surface area contributed by atoms with Crippen LogP contribution in [0.25, 0.3) is 0 Å². The van der Waals surface area contributed by atoms with Crippen molar-refractivity contribution in [2.45, 2.75) is 13.0 Å². The van der Waals surface area contributed by atoms with E-state index in [1.165, 1.54) is 25.1 Å². The number of benzene rings is 2. The lowest BCUT2D eigenvalue weighted by Gasteiger charge is -2.18. The molecule has 2 amide bonds. The summed E-state index contributed by atoms with van der Waals surface area (Å²) in [5, 5.41) is 0.361. The summed E-state index contributed by atoms with van der Waals surface area (Å²) >= 11 is 5.82. The van der Waals surface area contributed by atoms with E-state index in [0.29, 0.717) is 5.06 Å². The Labute approximate surface area is 146 Å². The molecule has 3 rings (SSSR count). The van der Waals surface area contributed by atoms with Gasteiger partial charge in [0.25, 0.3) is 11.8 Å². The molecule has 0 spiro atoms. The van der Waals surface area contributed by atoms with Crippen LogP contribution in [0.15, 0.2) is 42.5 Å². The van der Waals surface area contributed by atoms with Crippen molar-refractivity contribution in [3.63, 3.8) is 0 Å². The summed E-state index contributed by atoms with van der Waals surface area (Å²) in [7, 11) is 0. The minimum Gasteiger partial charge on any atom is -0.477 e. The minimum atomic E-state index is -1.19. The van der Waals surface area contributed by atoms with Crippen LogP contribution in [-0.2, 0) is 9.63 Å². The molecule has 0 bridgehead atoms. The van der Waals surface area contributed by atoms with Crippen LogP contribution in [0.1, 0.15) is 27.6 Å². The highest BCUT2D eigenvalue weighted by Crippen LogP contribution is 2.27. The number of imide groups is 1. The molecule has 1 aliphatic rings. The van der Waals surface area contributed by atoms with Gasteiger partial charge in [-0.2, -0.15) is 0 Å². The number of ether oxygens (including phenoxy) is 1. The summed E-state index contributed by atoms with van der Waals surface area (Å²) in [6.07, 6.45) is -1.19. The van der Waals surface area contributed by atoms with E-state index in [0.717, 1.165) is 12.1 Å². The largest absolute Gasteiger partial charge is 0.477 e. The standard InChI is InChI=1S/C17H11ClFNO5/c1-9(24-14-7-6-10(19)8-13(14)18)17(23)25-20-15(21)11-4-2-3-5-12(11)16(20)22/h2-9H,1H3. The summed E-state index contributed by atoms with van der Waals surface area (Å²) in [5.74, 6) is -2.94. The van der Waals surface area contributed by atoms with Gasteiger partial charge in [0.05, 0.1) is 16.1 Å². The number of fused-ring (bicyclic) bond motifs is 1. The number of carbonyl (C=O) groups is 3. The Morgan fingerprint density at radius 2 is 1.72 bits per heavy atom. The van der Waals surface area contributed by atoms with Gasteiger partial charge in [-0.25, -0.2) is 9.18 Å². The third-order valence-electron chi connectivity index (χ3n) is 3.47. The zero-order valence-corrected chi connectivity index (χ0v) is 13.6. The molecule has 8 heteroatoms. The summed E-state index contributed by atoms with van der Waals surface area (Å²) in [5.41, 5.74) is 0.297. The lowest BCUT2D eigenvalue weighted by Crippen LogP contribution is -2.37. The van der Waals surface area contributed by atoms with Gasteiger partial charge in [0, 0.05) is 0 Å². The maximum absolute atomic E-state index is 13.0. The van der Waals surface area contributed by atoms with E-state index in [9.17, 15) is 18.8 Å². The molecule has 1 unspecified atom stereocenters. The number of amides is 2. The van der Waals surface area contributed by atoms with Crippen LogP contribution in [0.5, 0.6) is 5.75 Å². The Morgan fingerprint density at radius 3 is 2.28 bits per heavy atom. The first-order valence-electron chi connectivity index (χ1n) is 7.20. The van der Waals surface area contributed by atoms with Crippen LogP contribution in [0.2, 0.25) is 5.02 Å². The van der Waals surface area contributed by atoms with Crippen LogP contribution >= 0.6 is 11.6 Å². The van der Waals surface area contributed by atoms with E-state index in [4.69, 9.17) is 21.2 Å². The quantitative estimate of drug-likeness (QED) is 0.781. The molecule has 2 aromatic carbocycles. The summed E-state index contributed by atoms with van der Waals surface area (Å²) in [6, 6.07) is 9.50. The number of hydrogen-bond acceptors (Lipinski definition) is 5. The third kappa shape index (κ3) is 3.18. The van der Waals surface area contributed by atoms with Crippen LogP contribution in [-0.4, -0.2) is 29.0 Å². The Kier molecular flexibility index (Phi) is 4.41. The van der Waals surface area contributed by atoms with Crippen molar-refractivity contribution in [1.29, 1.82) is 0 Å². The second kappa shape index (κ2) is 6.52. The second-order valence-electron chi connectivity index (χ2n) is 5.20. The van der Waals surface area contributed by atoms with Crippen molar-refractivity contribution in [1.82, 2.24) is 5.06 Å². The number of nitrogens with zero attached hydrogens (tertiary/aromatic N) is 1. The van der Waals surface area contributed by atoms with Crippen LogP contribution in [0.4, 0.5) is 4.39 Å². The van der Waals surface area contributed by atoms with Gasteiger partial charge >= 0.3 is 5.97 Å². The number of carbonyl (C=O) groups excluding carboxylic acids is 3. The Morgan fingerprint density at radius 1 is 1.12 bits per heavy atom. The van der Waals surface area contributed by atoms with Crippen molar-refractivity contribution in [3.05, 3.63) is 64.4 Å². The van der Waals surface area contributed by atoms with E-state index < -0.39 is 29.7 Å². The molecule has 128 valence electrons. The Balaban J connectivity index is 1.70. The first-order valence-corrected chi connectivity index (χ1v) is 7.57. The van der Waals surface area contributed by atoms with Crippen LogP contribution in [0.3, 0.4) is 0 Å². The molecule has 0 aromatic heterocycles. The summed E-state index contributed by atoms with van der Waals surface area (Å²) in [6.45, 7) is 1.35. The van der Waals surface area contributed by atoms with Crippen molar-refractivity contribution in [2.75, 3.05) is 0 Å². The molecule has 1 aliphatic heterocycles. The topological polar surface area (TPSA) is 72.9 Å². The Hall–Kier alpha value is -2.93. The van der Waals surface area contributed by atoms with E-state index >= 15 is 0 Å². The second-order valence-corrected chi connectivity index (χ2v) is 5.60.